The molecule has 0 saturated heterocycles. The number of methoxy groups -OCH3 is 1. The Morgan fingerprint density at radius 1 is 1.25 bits per heavy atom. The highest BCUT2D eigenvalue weighted by atomic mass is 16.6. The summed E-state index contributed by atoms with van der Waals surface area (Å²) in [5.41, 5.74) is 1.01. The van der Waals surface area contributed by atoms with Gasteiger partial charge in [0.25, 0.3) is 0 Å². The van der Waals surface area contributed by atoms with Crippen LogP contribution in [0.1, 0.15) is 6.42 Å². The summed E-state index contributed by atoms with van der Waals surface area (Å²) in [4.78, 5) is 11.2. The molecule has 4 nitrogen and oxygen atoms in total. The number of esters is 1. The highest BCUT2D eigenvalue weighted by molar-refractivity contribution is 5.70. The lowest BCUT2D eigenvalue weighted by Gasteiger charge is -2.06. The van der Waals surface area contributed by atoms with Gasteiger partial charge in [-0.15, -0.1) is 0 Å². The molecule has 0 aliphatic rings. The summed E-state index contributed by atoms with van der Waals surface area (Å²) in [6, 6.07) is 9.75. The van der Waals surface area contributed by atoms with E-state index >= 15 is 0 Å². The fourth-order valence-corrected chi connectivity index (χ4v) is 1.18. The molecule has 0 saturated carbocycles. The molecule has 0 fully saturated rings. The van der Waals surface area contributed by atoms with Gasteiger partial charge in [0, 0.05) is 19.3 Å². The first-order valence-electron chi connectivity index (χ1n) is 5.26. The lowest BCUT2D eigenvalue weighted by molar-refractivity contribution is -0.144. The molecule has 0 unspecified atom stereocenters. The predicted octanol–water partition coefficient (Wildman–Crippen LogP) is 1.68. The second-order valence-electron chi connectivity index (χ2n) is 3.26. The lowest BCUT2D eigenvalue weighted by Crippen LogP contribution is -2.13. The van der Waals surface area contributed by atoms with Gasteiger partial charge in [-0.2, -0.15) is 0 Å². The molecule has 1 rings (SSSR count). The average Bonchev–Trinajstić information content (AvgIpc) is 2.31. The van der Waals surface area contributed by atoms with Crippen molar-refractivity contribution >= 4 is 11.7 Å². The van der Waals surface area contributed by atoms with Crippen molar-refractivity contribution < 1.29 is 14.3 Å². The lowest BCUT2D eigenvalue weighted by atomic mass is 10.3. The molecule has 0 aliphatic carbocycles. The number of para-hydroxylation sites is 1. The first-order chi connectivity index (χ1) is 7.83. The molecule has 4 heteroatoms. The fourth-order valence-electron chi connectivity index (χ4n) is 1.18. The molecule has 88 valence electrons. The van der Waals surface area contributed by atoms with Crippen LogP contribution >= 0.6 is 0 Å². The zero-order valence-electron chi connectivity index (χ0n) is 9.44. The van der Waals surface area contributed by atoms with Crippen molar-refractivity contribution in [3.05, 3.63) is 30.3 Å². The molecule has 1 N–H and O–H groups in total. The van der Waals surface area contributed by atoms with E-state index in [1.807, 2.05) is 30.3 Å². The number of carbonyl (C=O) groups excluding carboxylic acids is 1. The Balaban J connectivity index is 2.09. The second kappa shape index (κ2) is 7.70. The van der Waals surface area contributed by atoms with Crippen LogP contribution in [0, 0.1) is 0 Å². The van der Waals surface area contributed by atoms with Gasteiger partial charge in [-0.1, -0.05) is 18.2 Å². The predicted molar refractivity (Wildman–Crippen MR) is 62.4 cm³/mol. The number of nitrogens with one attached hydrogen (secondary N) is 1. The highest BCUT2D eigenvalue weighted by Crippen LogP contribution is 2.04. The third-order valence-electron chi connectivity index (χ3n) is 1.98. The topological polar surface area (TPSA) is 47.6 Å². The molecular weight excluding hydrogens is 206 g/mol. The summed E-state index contributed by atoms with van der Waals surface area (Å²) >= 11 is 0. The van der Waals surface area contributed by atoms with Crippen LogP contribution in [0.4, 0.5) is 5.69 Å². The molecule has 16 heavy (non-hydrogen) atoms. The van der Waals surface area contributed by atoms with Crippen LogP contribution in [0.5, 0.6) is 0 Å². The Bertz CT molecular complexity index is 300. The van der Waals surface area contributed by atoms with E-state index in [0.717, 1.165) is 5.69 Å². The molecule has 0 atom stereocenters. The quantitative estimate of drug-likeness (QED) is 0.564. The third-order valence-corrected chi connectivity index (χ3v) is 1.98. The molecule has 0 aromatic heterocycles. The molecule has 0 amide bonds. The third kappa shape index (κ3) is 5.36. The SMILES string of the molecule is COCCOC(=O)CCNc1ccccc1. The molecule has 0 radical (unpaired) electrons. The van der Waals surface area contributed by atoms with E-state index in [1.54, 1.807) is 7.11 Å². The first kappa shape index (κ1) is 12.5. The maximum atomic E-state index is 11.2. The van der Waals surface area contributed by atoms with E-state index in [1.165, 1.54) is 0 Å². The number of hydrogen-bond donors (Lipinski definition) is 1. The minimum Gasteiger partial charge on any atom is -0.463 e. The molecule has 0 aliphatic heterocycles. The maximum Gasteiger partial charge on any atom is 0.307 e. The van der Waals surface area contributed by atoms with Crippen LogP contribution in [0.2, 0.25) is 0 Å². The van der Waals surface area contributed by atoms with Gasteiger partial charge in [0.2, 0.25) is 0 Å². The Hall–Kier alpha value is -1.55. The Morgan fingerprint density at radius 2 is 2.00 bits per heavy atom. The number of anilines is 1. The van der Waals surface area contributed by atoms with Crippen molar-refractivity contribution in [2.45, 2.75) is 6.42 Å². The summed E-state index contributed by atoms with van der Waals surface area (Å²) in [6.07, 6.45) is 0.360. The van der Waals surface area contributed by atoms with E-state index in [-0.39, 0.29) is 5.97 Å². The summed E-state index contributed by atoms with van der Waals surface area (Å²) in [5.74, 6) is -0.208. The van der Waals surface area contributed by atoms with E-state index < -0.39 is 0 Å². The van der Waals surface area contributed by atoms with Crippen molar-refractivity contribution in [2.24, 2.45) is 0 Å². The number of benzene rings is 1. The smallest absolute Gasteiger partial charge is 0.307 e. The standard InChI is InChI=1S/C12H17NO3/c1-15-9-10-16-12(14)7-8-13-11-5-3-2-4-6-11/h2-6,13H,7-10H2,1H3. The van der Waals surface area contributed by atoms with Gasteiger partial charge in [0.1, 0.15) is 6.61 Å². The first-order valence-corrected chi connectivity index (χ1v) is 5.26. The minimum absolute atomic E-state index is 0.208. The zero-order chi connectivity index (χ0) is 11.6. The van der Waals surface area contributed by atoms with Crippen LogP contribution in [-0.2, 0) is 14.3 Å². The average molecular weight is 223 g/mol. The van der Waals surface area contributed by atoms with Gasteiger partial charge in [-0.3, -0.25) is 4.79 Å². The molecule has 0 heterocycles. The van der Waals surface area contributed by atoms with Crippen LogP contribution in [-0.4, -0.2) is 32.8 Å². The van der Waals surface area contributed by atoms with E-state index in [4.69, 9.17) is 9.47 Å². The zero-order valence-corrected chi connectivity index (χ0v) is 9.44. The maximum absolute atomic E-state index is 11.2. The second-order valence-corrected chi connectivity index (χ2v) is 3.26. The van der Waals surface area contributed by atoms with Gasteiger partial charge in [-0.05, 0) is 12.1 Å². The van der Waals surface area contributed by atoms with Crippen molar-refractivity contribution in [1.29, 1.82) is 0 Å². The van der Waals surface area contributed by atoms with Crippen molar-refractivity contribution in [2.75, 3.05) is 32.2 Å². The molecular formula is C12H17NO3. The van der Waals surface area contributed by atoms with Gasteiger partial charge in [0.05, 0.1) is 13.0 Å². The van der Waals surface area contributed by atoms with Crippen molar-refractivity contribution in [3.63, 3.8) is 0 Å². The van der Waals surface area contributed by atoms with Gasteiger partial charge in [-0.25, -0.2) is 0 Å². The minimum atomic E-state index is -0.208. The summed E-state index contributed by atoms with van der Waals surface area (Å²) in [6.45, 7) is 1.34. The fraction of sp³-hybridized carbons (Fsp3) is 0.417. The summed E-state index contributed by atoms with van der Waals surface area (Å²) in [5, 5.41) is 3.13. The van der Waals surface area contributed by atoms with Gasteiger partial charge in [0.15, 0.2) is 0 Å². The Kier molecular flexibility index (Phi) is 6.03. The van der Waals surface area contributed by atoms with Crippen LogP contribution in [0.25, 0.3) is 0 Å². The van der Waals surface area contributed by atoms with Crippen molar-refractivity contribution in [1.82, 2.24) is 0 Å². The summed E-state index contributed by atoms with van der Waals surface area (Å²) in [7, 11) is 1.57. The number of rotatable bonds is 7. The Morgan fingerprint density at radius 3 is 2.69 bits per heavy atom. The summed E-state index contributed by atoms with van der Waals surface area (Å²) < 4.78 is 9.69. The van der Waals surface area contributed by atoms with E-state index in [2.05, 4.69) is 5.32 Å². The Labute approximate surface area is 95.6 Å². The number of ether oxygens (including phenoxy) is 2. The van der Waals surface area contributed by atoms with Gasteiger partial charge < -0.3 is 14.8 Å². The normalized spacial score (nSPS) is 9.81. The molecule has 1 aromatic carbocycles. The molecule has 0 bridgehead atoms. The van der Waals surface area contributed by atoms with Crippen molar-refractivity contribution in [3.8, 4) is 0 Å². The van der Waals surface area contributed by atoms with Crippen LogP contribution < -0.4 is 5.32 Å². The molecule has 1 aromatic rings. The van der Waals surface area contributed by atoms with E-state index in [9.17, 15) is 4.79 Å². The monoisotopic (exact) mass is 223 g/mol. The van der Waals surface area contributed by atoms with Crippen LogP contribution in [0.15, 0.2) is 30.3 Å². The number of carbonyl (C=O) groups is 1. The van der Waals surface area contributed by atoms with E-state index in [0.29, 0.717) is 26.2 Å². The number of hydrogen-bond acceptors (Lipinski definition) is 4. The highest BCUT2D eigenvalue weighted by Gasteiger charge is 2.01. The molecule has 0 spiro atoms. The largest absolute Gasteiger partial charge is 0.463 e. The van der Waals surface area contributed by atoms with Gasteiger partial charge >= 0.3 is 5.97 Å². The van der Waals surface area contributed by atoms with Crippen LogP contribution in [0.3, 0.4) is 0 Å².